The highest BCUT2D eigenvalue weighted by Gasteiger charge is 2.03. The van der Waals surface area contributed by atoms with E-state index in [0.717, 1.165) is 6.42 Å². The zero-order valence-corrected chi connectivity index (χ0v) is 6.76. The van der Waals surface area contributed by atoms with Crippen LogP contribution in [0.2, 0.25) is 0 Å². The number of rotatable bonds is 5. The fourth-order valence-corrected chi connectivity index (χ4v) is 0.709. The minimum Gasteiger partial charge on any atom is -0.393 e. The van der Waals surface area contributed by atoms with Crippen LogP contribution in [0, 0.1) is 0 Å². The maximum Gasteiger partial charge on any atom is 0.132 e. The zero-order chi connectivity index (χ0) is 7.98. The third-order valence-corrected chi connectivity index (χ3v) is 1.62. The average Bonchev–Trinajstić information content (AvgIpc) is 1.99. The highest BCUT2D eigenvalue weighted by molar-refractivity contribution is 5.77. The number of hydrogen-bond donors (Lipinski definition) is 1. The first-order valence-corrected chi connectivity index (χ1v) is 3.90. The van der Waals surface area contributed by atoms with Gasteiger partial charge in [0.1, 0.15) is 5.78 Å². The predicted molar refractivity (Wildman–Crippen MR) is 40.8 cm³/mol. The van der Waals surface area contributed by atoms with Gasteiger partial charge in [0.15, 0.2) is 0 Å². The number of Topliss-reactive ketones (excluding diaryl/α,β-unsaturated/α-hetero) is 1. The van der Waals surface area contributed by atoms with Gasteiger partial charge in [-0.3, -0.25) is 4.79 Å². The topological polar surface area (TPSA) is 37.3 Å². The van der Waals surface area contributed by atoms with Gasteiger partial charge in [0.05, 0.1) is 6.10 Å². The summed E-state index contributed by atoms with van der Waals surface area (Å²) in [5.41, 5.74) is 0. The van der Waals surface area contributed by atoms with Crippen molar-refractivity contribution in [1.29, 1.82) is 0 Å². The van der Waals surface area contributed by atoms with Gasteiger partial charge in [0.25, 0.3) is 0 Å². The van der Waals surface area contributed by atoms with Crippen LogP contribution in [0.3, 0.4) is 0 Å². The van der Waals surface area contributed by atoms with Gasteiger partial charge in [0.2, 0.25) is 0 Å². The Morgan fingerprint density at radius 1 is 1.50 bits per heavy atom. The molecule has 0 fully saturated rings. The molecular formula is C8H16O2. The molecule has 0 aliphatic heterocycles. The van der Waals surface area contributed by atoms with Gasteiger partial charge in [-0.15, -0.1) is 0 Å². The Hall–Kier alpha value is -0.370. The molecular weight excluding hydrogens is 128 g/mol. The first-order chi connectivity index (χ1) is 4.70. The maximum atomic E-state index is 10.7. The van der Waals surface area contributed by atoms with Crippen LogP contribution in [0.25, 0.3) is 0 Å². The molecule has 0 saturated carbocycles. The number of aliphatic hydroxyl groups is 1. The van der Waals surface area contributed by atoms with Crippen LogP contribution in [-0.2, 0) is 4.79 Å². The van der Waals surface area contributed by atoms with Crippen LogP contribution in [0.4, 0.5) is 0 Å². The first kappa shape index (κ1) is 9.63. The Bertz CT molecular complexity index is 99.4. The van der Waals surface area contributed by atoms with E-state index in [9.17, 15) is 4.79 Å². The van der Waals surface area contributed by atoms with Crippen molar-refractivity contribution < 1.29 is 9.90 Å². The molecule has 0 aromatic heterocycles. The highest BCUT2D eigenvalue weighted by atomic mass is 16.3. The van der Waals surface area contributed by atoms with Gasteiger partial charge in [0, 0.05) is 12.8 Å². The molecule has 60 valence electrons. The van der Waals surface area contributed by atoms with Crippen molar-refractivity contribution in [2.75, 3.05) is 0 Å². The molecule has 2 nitrogen and oxygen atoms in total. The van der Waals surface area contributed by atoms with Crippen LogP contribution < -0.4 is 0 Å². The summed E-state index contributed by atoms with van der Waals surface area (Å²) in [7, 11) is 0. The molecule has 0 rings (SSSR count). The average molecular weight is 144 g/mol. The SMILES string of the molecule is CCC(=O)CCC(O)CC. The summed E-state index contributed by atoms with van der Waals surface area (Å²) in [6.45, 7) is 3.77. The zero-order valence-electron chi connectivity index (χ0n) is 6.76. The Kier molecular flexibility index (Phi) is 5.22. The second kappa shape index (κ2) is 5.42. The van der Waals surface area contributed by atoms with E-state index < -0.39 is 0 Å². The summed E-state index contributed by atoms with van der Waals surface area (Å²) >= 11 is 0. The molecule has 0 aromatic carbocycles. The molecule has 0 aliphatic rings. The number of carbonyl (C=O) groups excluding carboxylic acids is 1. The van der Waals surface area contributed by atoms with Crippen LogP contribution in [0.15, 0.2) is 0 Å². The Morgan fingerprint density at radius 2 is 2.10 bits per heavy atom. The lowest BCUT2D eigenvalue weighted by Crippen LogP contribution is -2.07. The van der Waals surface area contributed by atoms with Crippen LogP contribution in [0.1, 0.15) is 39.5 Å². The third-order valence-electron chi connectivity index (χ3n) is 1.62. The summed E-state index contributed by atoms with van der Waals surface area (Å²) in [5, 5.41) is 9.05. The van der Waals surface area contributed by atoms with E-state index >= 15 is 0 Å². The number of carbonyl (C=O) groups is 1. The molecule has 10 heavy (non-hydrogen) atoms. The van der Waals surface area contributed by atoms with E-state index in [2.05, 4.69) is 0 Å². The summed E-state index contributed by atoms with van der Waals surface area (Å²) in [6, 6.07) is 0. The molecule has 1 unspecified atom stereocenters. The fourth-order valence-electron chi connectivity index (χ4n) is 0.709. The van der Waals surface area contributed by atoms with Crippen molar-refractivity contribution in [3.8, 4) is 0 Å². The lowest BCUT2D eigenvalue weighted by Gasteiger charge is -2.04. The van der Waals surface area contributed by atoms with E-state index in [1.165, 1.54) is 0 Å². The molecule has 2 heteroatoms. The van der Waals surface area contributed by atoms with Gasteiger partial charge < -0.3 is 5.11 Å². The standard InChI is InChI=1S/C8H16O2/c1-3-7(9)5-6-8(10)4-2/h7,9H,3-6H2,1-2H3. The first-order valence-electron chi connectivity index (χ1n) is 3.90. The Balaban J connectivity index is 3.26. The Morgan fingerprint density at radius 3 is 2.50 bits per heavy atom. The van der Waals surface area contributed by atoms with Gasteiger partial charge >= 0.3 is 0 Å². The lowest BCUT2D eigenvalue weighted by molar-refractivity contribution is -0.119. The van der Waals surface area contributed by atoms with E-state index in [-0.39, 0.29) is 11.9 Å². The van der Waals surface area contributed by atoms with E-state index in [1.807, 2.05) is 13.8 Å². The summed E-state index contributed by atoms with van der Waals surface area (Å²) in [4.78, 5) is 10.7. The van der Waals surface area contributed by atoms with Crippen molar-refractivity contribution in [3.63, 3.8) is 0 Å². The number of ketones is 1. The second-order valence-corrected chi connectivity index (χ2v) is 2.49. The van der Waals surface area contributed by atoms with Crippen molar-refractivity contribution >= 4 is 5.78 Å². The van der Waals surface area contributed by atoms with E-state index in [1.54, 1.807) is 0 Å². The molecule has 0 heterocycles. The molecule has 0 bridgehead atoms. The minimum atomic E-state index is -0.282. The normalized spacial score (nSPS) is 13.1. The minimum absolute atomic E-state index is 0.243. The molecule has 0 radical (unpaired) electrons. The number of aliphatic hydroxyl groups excluding tert-OH is 1. The van der Waals surface area contributed by atoms with Crippen molar-refractivity contribution in [2.24, 2.45) is 0 Å². The second-order valence-electron chi connectivity index (χ2n) is 2.49. The molecule has 0 aliphatic carbocycles. The van der Waals surface area contributed by atoms with Crippen LogP contribution in [0.5, 0.6) is 0 Å². The Labute approximate surface area is 62.2 Å². The summed E-state index contributed by atoms with van der Waals surface area (Å²) in [6.07, 6.45) is 2.22. The molecule has 1 atom stereocenters. The van der Waals surface area contributed by atoms with Crippen LogP contribution in [-0.4, -0.2) is 17.0 Å². The van der Waals surface area contributed by atoms with Crippen LogP contribution >= 0.6 is 0 Å². The molecule has 0 spiro atoms. The summed E-state index contributed by atoms with van der Waals surface area (Å²) < 4.78 is 0. The predicted octanol–water partition coefficient (Wildman–Crippen LogP) is 1.52. The quantitative estimate of drug-likeness (QED) is 0.635. The van der Waals surface area contributed by atoms with Gasteiger partial charge in [-0.2, -0.15) is 0 Å². The lowest BCUT2D eigenvalue weighted by atomic mass is 10.1. The van der Waals surface area contributed by atoms with Crippen molar-refractivity contribution in [3.05, 3.63) is 0 Å². The maximum absolute atomic E-state index is 10.7. The molecule has 0 aromatic rings. The number of hydrogen-bond acceptors (Lipinski definition) is 2. The molecule has 0 amide bonds. The van der Waals surface area contributed by atoms with E-state index in [4.69, 9.17) is 5.11 Å². The van der Waals surface area contributed by atoms with Gasteiger partial charge in [-0.25, -0.2) is 0 Å². The van der Waals surface area contributed by atoms with Gasteiger partial charge in [-0.1, -0.05) is 13.8 Å². The largest absolute Gasteiger partial charge is 0.393 e. The summed E-state index contributed by atoms with van der Waals surface area (Å²) in [5.74, 6) is 0.243. The molecule has 0 saturated heterocycles. The van der Waals surface area contributed by atoms with Gasteiger partial charge in [-0.05, 0) is 12.8 Å². The van der Waals surface area contributed by atoms with E-state index in [0.29, 0.717) is 19.3 Å². The van der Waals surface area contributed by atoms with Crippen molar-refractivity contribution in [1.82, 2.24) is 0 Å². The third kappa shape index (κ3) is 4.50. The van der Waals surface area contributed by atoms with Crippen molar-refractivity contribution in [2.45, 2.75) is 45.6 Å². The fraction of sp³-hybridized carbons (Fsp3) is 0.875. The highest BCUT2D eigenvalue weighted by Crippen LogP contribution is 2.02. The molecule has 1 N–H and O–H groups in total. The monoisotopic (exact) mass is 144 g/mol. The smallest absolute Gasteiger partial charge is 0.132 e.